The van der Waals surface area contributed by atoms with Gasteiger partial charge in [0, 0.05) is 12.5 Å². The summed E-state index contributed by atoms with van der Waals surface area (Å²) in [6.45, 7) is 0.666. The Morgan fingerprint density at radius 1 is 1.09 bits per heavy atom. The summed E-state index contributed by atoms with van der Waals surface area (Å²) in [7, 11) is 3.65. The minimum absolute atomic E-state index is 0.0686. The number of amides is 2. The zero-order valence-corrected chi connectivity index (χ0v) is 20.2. The summed E-state index contributed by atoms with van der Waals surface area (Å²) in [5, 5.41) is 14.6. The first-order valence-corrected chi connectivity index (χ1v) is 11.9. The number of aliphatic carboxylic acids is 1. The lowest BCUT2D eigenvalue weighted by molar-refractivity contribution is -0.139. The maximum atomic E-state index is 12.5. The van der Waals surface area contributed by atoms with Gasteiger partial charge in [0.1, 0.15) is 17.5 Å². The van der Waals surface area contributed by atoms with E-state index in [2.05, 4.69) is 27.8 Å². The highest BCUT2D eigenvalue weighted by atomic mass is 32.1. The average molecular weight is 495 g/mol. The molecule has 1 aromatic heterocycles. The number of ether oxygens (including phenoxy) is 1. The molecule has 3 N–H and O–H groups in total. The molecule has 35 heavy (non-hydrogen) atoms. The molecule has 2 amide bonds. The number of benzene rings is 2. The van der Waals surface area contributed by atoms with Crippen LogP contribution < -0.4 is 10.6 Å². The van der Waals surface area contributed by atoms with Crippen molar-refractivity contribution >= 4 is 34.4 Å². The zero-order valence-electron chi connectivity index (χ0n) is 19.4. The number of hydrogen-bond donors (Lipinski definition) is 3. The van der Waals surface area contributed by atoms with E-state index in [1.54, 1.807) is 0 Å². The smallest absolute Gasteiger partial charge is 0.413 e. The topological polar surface area (TPSA) is 121 Å². The fourth-order valence-electron chi connectivity index (χ4n) is 4.03. The number of anilines is 1. The van der Waals surface area contributed by atoms with Gasteiger partial charge in [-0.25, -0.2) is 14.6 Å². The van der Waals surface area contributed by atoms with Crippen LogP contribution in [0.3, 0.4) is 0 Å². The van der Waals surface area contributed by atoms with E-state index in [1.165, 1.54) is 6.20 Å². The number of carboxylic acids is 1. The lowest BCUT2D eigenvalue weighted by Crippen LogP contribution is -2.42. The SMILES string of the molecule is CN(C)CCC(NC(=O)c1cnc(NC(=O)OCC2c3ccccc3-c3ccccc32)s1)C(=O)O. The Morgan fingerprint density at radius 2 is 1.71 bits per heavy atom. The van der Waals surface area contributed by atoms with Crippen molar-refractivity contribution in [2.75, 3.05) is 32.6 Å². The van der Waals surface area contributed by atoms with E-state index in [-0.39, 0.29) is 29.0 Å². The molecule has 182 valence electrons. The fraction of sp³-hybridized carbons (Fsp3) is 0.280. The molecular weight excluding hydrogens is 468 g/mol. The molecule has 9 nitrogen and oxygen atoms in total. The third-order valence-electron chi connectivity index (χ3n) is 5.75. The van der Waals surface area contributed by atoms with E-state index in [0.717, 1.165) is 33.6 Å². The van der Waals surface area contributed by atoms with Crippen molar-refractivity contribution in [3.05, 3.63) is 70.7 Å². The molecule has 1 aliphatic rings. The molecule has 0 radical (unpaired) electrons. The molecule has 0 saturated carbocycles. The van der Waals surface area contributed by atoms with Crippen molar-refractivity contribution in [1.82, 2.24) is 15.2 Å². The molecule has 1 unspecified atom stereocenters. The minimum Gasteiger partial charge on any atom is -0.480 e. The standard InChI is InChI=1S/C25H26N4O5S/c1-29(2)12-11-20(23(31)32)27-22(30)21-13-26-24(35-21)28-25(33)34-14-19-17-9-5-3-7-15(17)16-8-4-6-10-18(16)19/h3-10,13,19-20H,11-12,14H2,1-2H3,(H,27,30)(H,31,32)(H,26,28,33). The number of thiazole rings is 1. The Hall–Kier alpha value is -3.76. The molecular formula is C25H26N4O5S. The van der Waals surface area contributed by atoms with Crippen molar-refractivity contribution < 1.29 is 24.2 Å². The van der Waals surface area contributed by atoms with E-state index in [9.17, 15) is 19.5 Å². The van der Waals surface area contributed by atoms with E-state index in [1.807, 2.05) is 55.4 Å². The normalized spacial score (nSPS) is 13.1. The summed E-state index contributed by atoms with van der Waals surface area (Å²) >= 11 is 0.944. The van der Waals surface area contributed by atoms with Crippen molar-refractivity contribution in [1.29, 1.82) is 0 Å². The highest BCUT2D eigenvalue weighted by Gasteiger charge is 2.29. The fourth-order valence-corrected chi connectivity index (χ4v) is 4.74. The van der Waals surface area contributed by atoms with Crippen molar-refractivity contribution in [2.24, 2.45) is 0 Å². The maximum Gasteiger partial charge on any atom is 0.413 e. The van der Waals surface area contributed by atoms with Gasteiger partial charge in [-0.05, 0) is 42.8 Å². The number of nitrogens with one attached hydrogen (secondary N) is 2. The second-order valence-corrected chi connectivity index (χ2v) is 9.47. The van der Waals surface area contributed by atoms with E-state index in [4.69, 9.17) is 4.74 Å². The number of nitrogens with zero attached hydrogens (tertiary/aromatic N) is 2. The Morgan fingerprint density at radius 3 is 2.31 bits per heavy atom. The molecule has 0 aliphatic heterocycles. The Bertz CT molecular complexity index is 1200. The van der Waals surface area contributed by atoms with Gasteiger partial charge in [0.05, 0.1) is 6.20 Å². The number of hydrogen-bond acceptors (Lipinski definition) is 7. The van der Waals surface area contributed by atoms with Gasteiger partial charge in [0.2, 0.25) is 0 Å². The summed E-state index contributed by atoms with van der Waals surface area (Å²) < 4.78 is 5.50. The van der Waals surface area contributed by atoms with E-state index >= 15 is 0 Å². The van der Waals surface area contributed by atoms with Crippen molar-refractivity contribution in [2.45, 2.75) is 18.4 Å². The minimum atomic E-state index is -1.11. The van der Waals surface area contributed by atoms with Gasteiger partial charge in [-0.15, -0.1) is 0 Å². The van der Waals surface area contributed by atoms with Crippen LogP contribution in [0.5, 0.6) is 0 Å². The second kappa shape index (κ2) is 10.7. The van der Waals surface area contributed by atoms with Gasteiger partial charge >= 0.3 is 12.1 Å². The number of fused-ring (bicyclic) bond motifs is 3. The highest BCUT2D eigenvalue weighted by molar-refractivity contribution is 7.17. The molecule has 1 atom stereocenters. The number of carboxylic acid groups (broad SMARTS) is 1. The number of carbonyl (C=O) groups excluding carboxylic acids is 2. The van der Waals surface area contributed by atoms with Gasteiger partial charge < -0.3 is 20.1 Å². The van der Waals surface area contributed by atoms with Crippen molar-refractivity contribution in [3.8, 4) is 11.1 Å². The molecule has 0 spiro atoms. The van der Waals surface area contributed by atoms with Crippen LogP contribution in [0.2, 0.25) is 0 Å². The van der Waals surface area contributed by atoms with Gasteiger partial charge in [-0.3, -0.25) is 10.1 Å². The molecule has 10 heteroatoms. The van der Waals surface area contributed by atoms with E-state index in [0.29, 0.717) is 6.54 Å². The van der Waals surface area contributed by atoms with Gasteiger partial charge in [0.15, 0.2) is 5.13 Å². The highest BCUT2D eigenvalue weighted by Crippen LogP contribution is 2.44. The molecule has 1 aliphatic carbocycles. The van der Waals surface area contributed by atoms with Crippen LogP contribution in [-0.2, 0) is 9.53 Å². The third kappa shape index (κ3) is 5.67. The monoisotopic (exact) mass is 494 g/mol. The Balaban J connectivity index is 1.34. The van der Waals surface area contributed by atoms with Crippen LogP contribution in [0, 0.1) is 0 Å². The predicted octanol–water partition coefficient (Wildman–Crippen LogP) is 3.64. The lowest BCUT2D eigenvalue weighted by atomic mass is 9.98. The first-order valence-electron chi connectivity index (χ1n) is 11.1. The second-order valence-electron chi connectivity index (χ2n) is 8.44. The lowest BCUT2D eigenvalue weighted by Gasteiger charge is -2.16. The summed E-state index contributed by atoms with van der Waals surface area (Å²) in [4.78, 5) is 42.4. The summed E-state index contributed by atoms with van der Waals surface area (Å²) in [6, 6.07) is 15.1. The molecule has 2 aromatic carbocycles. The van der Waals surface area contributed by atoms with Gasteiger partial charge in [-0.1, -0.05) is 59.9 Å². The number of carbonyl (C=O) groups is 3. The third-order valence-corrected chi connectivity index (χ3v) is 6.66. The Labute approximate surface area is 206 Å². The largest absolute Gasteiger partial charge is 0.480 e. The predicted molar refractivity (Wildman–Crippen MR) is 133 cm³/mol. The van der Waals surface area contributed by atoms with Crippen LogP contribution in [0.25, 0.3) is 11.1 Å². The van der Waals surface area contributed by atoms with Gasteiger partial charge in [0.25, 0.3) is 5.91 Å². The molecule has 1 heterocycles. The molecule has 0 bridgehead atoms. The van der Waals surface area contributed by atoms with Crippen molar-refractivity contribution in [3.63, 3.8) is 0 Å². The van der Waals surface area contributed by atoms with Crippen LogP contribution in [0.1, 0.15) is 33.1 Å². The summed E-state index contributed by atoms with van der Waals surface area (Å²) in [5.41, 5.74) is 4.49. The average Bonchev–Trinajstić information content (AvgIpc) is 3.43. The zero-order chi connectivity index (χ0) is 24.9. The first-order chi connectivity index (χ1) is 16.8. The quantitative estimate of drug-likeness (QED) is 0.415. The Kier molecular flexibility index (Phi) is 7.42. The number of aromatic nitrogens is 1. The molecule has 0 saturated heterocycles. The summed E-state index contributed by atoms with van der Waals surface area (Å²) in [6.07, 6.45) is 0.879. The van der Waals surface area contributed by atoms with Crippen LogP contribution in [0.4, 0.5) is 9.93 Å². The molecule has 3 aromatic rings. The van der Waals surface area contributed by atoms with E-state index < -0.39 is 24.0 Å². The van der Waals surface area contributed by atoms with Crippen LogP contribution in [0.15, 0.2) is 54.7 Å². The maximum absolute atomic E-state index is 12.5. The number of rotatable bonds is 9. The molecule has 0 fully saturated rings. The van der Waals surface area contributed by atoms with Crippen LogP contribution in [-0.4, -0.2) is 66.2 Å². The first kappa shape index (κ1) is 24.4. The van der Waals surface area contributed by atoms with Gasteiger partial charge in [-0.2, -0.15) is 0 Å². The van der Waals surface area contributed by atoms with Crippen LogP contribution >= 0.6 is 11.3 Å². The summed E-state index contributed by atoms with van der Waals surface area (Å²) in [5.74, 6) is -1.74. The molecule has 4 rings (SSSR count).